The van der Waals surface area contributed by atoms with E-state index < -0.39 is 0 Å². The molecule has 4 aromatic rings. The number of benzene rings is 4. The topological polar surface area (TPSA) is 12.5 Å². The fourth-order valence-electron chi connectivity index (χ4n) is 3.90. The van der Waals surface area contributed by atoms with Crippen LogP contribution in [0.25, 0.3) is 0 Å². The molecule has 2 nitrogen and oxygen atoms in total. The van der Waals surface area contributed by atoms with Gasteiger partial charge in [0.2, 0.25) is 0 Å². The quantitative estimate of drug-likeness (QED) is 0.346. The minimum absolute atomic E-state index is 0.0602. The molecule has 0 aromatic heterocycles. The normalized spacial score (nSPS) is 11.8. The van der Waals surface area contributed by atoms with E-state index in [4.69, 9.17) is 4.74 Å². The van der Waals surface area contributed by atoms with E-state index in [0.29, 0.717) is 0 Å². The molecule has 1 unspecified atom stereocenters. The number of nitrogens with zero attached hydrogens (tertiary/aromatic N) is 1. The van der Waals surface area contributed by atoms with Gasteiger partial charge in [-0.05, 0) is 28.8 Å². The summed E-state index contributed by atoms with van der Waals surface area (Å²) in [4.78, 5) is 2.09. The molecule has 0 aliphatic carbocycles. The molecule has 0 fully saturated rings. The van der Waals surface area contributed by atoms with Gasteiger partial charge in [0.25, 0.3) is 0 Å². The summed E-state index contributed by atoms with van der Waals surface area (Å²) in [6.07, 6.45) is -0.169. The van der Waals surface area contributed by atoms with Crippen molar-refractivity contribution in [2.45, 2.75) is 12.0 Å². The third-order valence-electron chi connectivity index (χ3n) is 5.35. The highest BCUT2D eigenvalue weighted by molar-refractivity contribution is 5.57. The molecule has 0 bridgehead atoms. The molecule has 0 amide bonds. The lowest BCUT2D eigenvalue weighted by atomic mass is 9.83. The lowest BCUT2D eigenvalue weighted by molar-refractivity contribution is 0.187. The first-order chi connectivity index (χ1) is 14.7. The summed E-state index contributed by atoms with van der Waals surface area (Å²) < 4.78 is 6.82. The number of rotatable bonds is 7. The molecule has 0 aliphatic rings. The van der Waals surface area contributed by atoms with Crippen LogP contribution in [-0.4, -0.2) is 14.1 Å². The van der Waals surface area contributed by atoms with E-state index in [-0.39, 0.29) is 12.0 Å². The second-order valence-electron chi connectivity index (χ2n) is 7.61. The van der Waals surface area contributed by atoms with Crippen molar-refractivity contribution in [3.8, 4) is 5.75 Å². The van der Waals surface area contributed by atoms with Gasteiger partial charge in [0.1, 0.15) is 11.9 Å². The van der Waals surface area contributed by atoms with Crippen LogP contribution in [0.5, 0.6) is 5.75 Å². The smallest absolute Gasteiger partial charge is 0.143 e. The van der Waals surface area contributed by atoms with Crippen molar-refractivity contribution in [2.75, 3.05) is 19.0 Å². The zero-order chi connectivity index (χ0) is 20.8. The molecule has 0 spiro atoms. The van der Waals surface area contributed by atoms with Crippen molar-refractivity contribution < 1.29 is 4.74 Å². The molecule has 30 heavy (non-hydrogen) atoms. The Morgan fingerprint density at radius 1 is 0.533 bits per heavy atom. The van der Waals surface area contributed by atoms with Crippen LogP contribution in [0.4, 0.5) is 5.69 Å². The van der Waals surface area contributed by atoms with Crippen molar-refractivity contribution in [1.82, 2.24) is 0 Å². The Hall–Kier alpha value is -3.52. The summed E-state index contributed by atoms with van der Waals surface area (Å²) in [5.74, 6) is 0.943. The van der Waals surface area contributed by atoms with Crippen molar-refractivity contribution in [3.63, 3.8) is 0 Å². The van der Waals surface area contributed by atoms with E-state index >= 15 is 0 Å². The molecule has 4 rings (SSSR count). The van der Waals surface area contributed by atoms with Gasteiger partial charge in [0.05, 0.1) is 11.6 Å². The van der Waals surface area contributed by atoms with E-state index in [2.05, 4.69) is 102 Å². The Morgan fingerprint density at radius 3 is 1.47 bits per heavy atom. The second-order valence-corrected chi connectivity index (χ2v) is 7.61. The third kappa shape index (κ3) is 4.38. The van der Waals surface area contributed by atoms with Gasteiger partial charge in [-0.3, -0.25) is 0 Å². The largest absolute Gasteiger partial charge is 0.483 e. The Bertz CT molecular complexity index is 1010. The molecule has 0 N–H and O–H groups in total. The highest BCUT2D eigenvalue weighted by Gasteiger charge is 2.29. The Labute approximate surface area is 179 Å². The summed E-state index contributed by atoms with van der Waals surface area (Å²) in [5.41, 5.74) is 4.70. The van der Waals surface area contributed by atoms with Gasteiger partial charge in [0, 0.05) is 14.1 Å². The molecule has 0 radical (unpaired) electrons. The van der Waals surface area contributed by atoms with Crippen LogP contribution in [0.2, 0.25) is 0 Å². The van der Waals surface area contributed by atoms with Crippen molar-refractivity contribution >= 4 is 5.69 Å². The summed E-state index contributed by atoms with van der Waals surface area (Å²) in [5, 5.41) is 0. The Kier molecular flexibility index (Phi) is 6.14. The van der Waals surface area contributed by atoms with Crippen LogP contribution in [0, 0.1) is 0 Å². The van der Waals surface area contributed by atoms with Gasteiger partial charge < -0.3 is 9.64 Å². The van der Waals surface area contributed by atoms with E-state index in [1.807, 2.05) is 32.3 Å². The van der Waals surface area contributed by atoms with E-state index in [1.54, 1.807) is 0 Å². The molecule has 0 saturated heterocycles. The maximum atomic E-state index is 6.82. The van der Waals surface area contributed by atoms with Crippen LogP contribution in [0.3, 0.4) is 0 Å². The van der Waals surface area contributed by atoms with Gasteiger partial charge in [-0.15, -0.1) is 0 Å². The van der Waals surface area contributed by atoms with Gasteiger partial charge in [0.15, 0.2) is 0 Å². The molecule has 150 valence electrons. The van der Waals surface area contributed by atoms with E-state index in [1.165, 1.54) is 11.1 Å². The van der Waals surface area contributed by atoms with Gasteiger partial charge in [-0.2, -0.15) is 0 Å². The Morgan fingerprint density at radius 2 is 0.967 bits per heavy atom. The fourth-order valence-corrected chi connectivity index (χ4v) is 3.90. The summed E-state index contributed by atoms with van der Waals surface area (Å²) in [7, 11) is 4.09. The SMILES string of the molecule is CN(C)c1ccccc1OC(c1ccccc1)C(c1ccccc1)c1ccccc1. The maximum absolute atomic E-state index is 6.82. The highest BCUT2D eigenvalue weighted by atomic mass is 16.5. The second kappa shape index (κ2) is 9.32. The number of para-hydroxylation sites is 2. The predicted octanol–water partition coefficient (Wildman–Crippen LogP) is 6.70. The van der Waals surface area contributed by atoms with E-state index in [9.17, 15) is 0 Å². The van der Waals surface area contributed by atoms with Gasteiger partial charge in [-0.25, -0.2) is 0 Å². The van der Waals surface area contributed by atoms with Crippen molar-refractivity contribution in [1.29, 1.82) is 0 Å². The number of ether oxygens (including phenoxy) is 1. The van der Waals surface area contributed by atoms with Crippen LogP contribution >= 0.6 is 0 Å². The lowest BCUT2D eigenvalue weighted by Crippen LogP contribution is -2.20. The summed E-state index contributed by atoms with van der Waals surface area (Å²) in [6.45, 7) is 0. The first-order valence-electron chi connectivity index (χ1n) is 10.3. The van der Waals surface area contributed by atoms with Crippen molar-refractivity contribution in [2.24, 2.45) is 0 Å². The van der Waals surface area contributed by atoms with Crippen LogP contribution in [-0.2, 0) is 0 Å². The third-order valence-corrected chi connectivity index (χ3v) is 5.35. The summed E-state index contributed by atoms with van der Waals surface area (Å²) in [6, 6.07) is 40.0. The molecule has 0 saturated carbocycles. The zero-order valence-corrected chi connectivity index (χ0v) is 17.5. The number of hydrogen-bond donors (Lipinski definition) is 0. The molecular formula is C28H27NO. The monoisotopic (exact) mass is 393 g/mol. The number of hydrogen-bond acceptors (Lipinski definition) is 2. The minimum Gasteiger partial charge on any atom is -0.483 e. The first kappa shape index (κ1) is 19.8. The first-order valence-corrected chi connectivity index (χ1v) is 10.3. The average Bonchev–Trinajstić information content (AvgIpc) is 2.81. The van der Waals surface area contributed by atoms with Crippen LogP contribution in [0.1, 0.15) is 28.7 Å². The maximum Gasteiger partial charge on any atom is 0.143 e. The van der Waals surface area contributed by atoms with Crippen LogP contribution < -0.4 is 9.64 Å². The highest BCUT2D eigenvalue weighted by Crippen LogP contribution is 2.41. The molecular weight excluding hydrogens is 366 g/mol. The molecule has 0 aliphatic heterocycles. The number of anilines is 1. The molecule has 4 aromatic carbocycles. The van der Waals surface area contributed by atoms with E-state index in [0.717, 1.165) is 17.0 Å². The van der Waals surface area contributed by atoms with Crippen LogP contribution in [0.15, 0.2) is 115 Å². The van der Waals surface area contributed by atoms with Gasteiger partial charge in [-0.1, -0.05) is 103 Å². The average molecular weight is 394 g/mol. The Balaban J connectivity index is 1.86. The predicted molar refractivity (Wildman–Crippen MR) is 125 cm³/mol. The molecule has 1 atom stereocenters. The standard InChI is InChI=1S/C28H27NO/c1-29(2)25-20-12-13-21-26(25)30-28(24-18-10-5-11-19-24)27(22-14-6-3-7-15-22)23-16-8-4-9-17-23/h3-21,27-28H,1-2H3. The molecule has 0 heterocycles. The summed E-state index contributed by atoms with van der Waals surface area (Å²) >= 11 is 0. The fraction of sp³-hybridized carbons (Fsp3) is 0.143. The molecule has 2 heteroatoms. The van der Waals surface area contributed by atoms with Gasteiger partial charge >= 0.3 is 0 Å². The zero-order valence-electron chi connectivity index (χ0n) is 17.5. The minimum atomic E-state index is -0.169. The van der Waals surface area contributed by atoms with Crippen molar-refractivity contribution in [3.05, 3.63) is 132 Å². The lowest BCUT2D eigenvalue weighted by Gasteiger charge is -2.31.